The molecule has 1 aromatic rings. The first-order chi connectivity index (χ1) is 8.47. The van der Waals surface area contributed by atoms with E-state index in [1.165, 1.54) is 6.07 Å². The monoisotopic (exact) mass is 288 g/mol. The number of nitrogens with one attached hydrogen (secondary N) is 1. The molecule has 1 saturated carbocycles. The van der Waals surface area contributed by atoms with Crippen LogP contribution in [0.5, 0.6) is 0 Å². The van der Waals surface area contributed by atoms with Crippen molar-refractivity contribution >= 4 is 21.6 Å². The number of rotatable bonds is 5. The van der Waals surface area contributed by atoms with Crippen LogP contribution in [0.2, 0.25) is 5.02 Å². The zero-order chi connectivity index (χ0) is 13.3. The molecule has 3 N–H and O–H groups in total. The number of nitrogens with two attached hydrogens (primary N) is 1. The van der Waals surface area contributed by atoms with Crippen molar-refractivity contribution in [2.75, 3.05) is 0 Å². The molecule has 0 radical (unpaired) electrons. The summed E-state index contributed by atoms with van der Waals surface area (Å²) >= 11 is 5.97. The second kappa shape index (κ2) is 5.17. The van der Waals surface area contributed by atoms with Crippen LogP contribution in [-0.4, -0.2) is 14.5 Å². The normalized spacial score (nSPS) is 23.1. The van der Waals surface area contributed by atoms with Crippen LogP contribution in [0, 0.1) is 5.92 Å². The topological polar surface area (TPSA) is 72.2 Å². The quantitative estimate of drug-likeness (QED) is 0.869. The number of sulfonamides is 1. The Bertz CT molecular complexity index is 545. The second-order valence-corrected chi connectivity index (χ2v) is 6.71. The molecule has 1 aliphatic carbocycles. The molecule has 0 aromatic heterocycles. The predicted molar refractivity (Wildman–Crippen MR) is 71.9 cm³/mol. The average Bonchev–Trinajstić information content (AvgIpc) is 3.06. The molecular weight excluding hydrogens is 272 g/mol. The average molecular weight is 289 g/mol. The molecule has 0 amide bonds. The van der Waals surface area contributed by atoms with E-state index in [0.717, 1.165) is 18.4 Å². The molecule has 0 saturated heterocycles. The molecule has 1 aromatic carbocycles. The highest BCUT2D eigenvalue weighted by Gasteiger charge is 2.38. The summed E-state index contributed by atoms with van der Waals surface area (Å²) in [7, 11) is -3.46. The van der Waals surface area contributed by atoms with Gasteiger partial charge in [0.05, 0.1) is 4.90 Å². The van der Waals surface area contributed by atoms with Gasteiger partial charge >= 0.3 is 0 Å². The highest BCUT2D eigenvalue weighted by molar-refractivity contribution is 7.89. The Hall–Kier alpha value is -0.620. The minimum absolute atomic E-state index is 0.0768. The Morgan fingerprint density at radius 3 is 2.72 bits per heavy atom. The molecular formula is C12H17ClN2O2S. The first kappa shape index (κ1) is 13.8. The molecule has 0 heterocycles. The molecule has 4 nitrogen and oxygen atoms in total. The molecule has 0 bridgehead atoms. The highest BCUT2D eigenvalue weighted by Crippen LogP contribution is 2.34. The van der Waals surface area contributed by atoms with Crippen LogP contribution in [0.4, 0.5) is 0 Å². The van der Waals surface area contributed by atoms with Gasteiger partial charge in [-0.3, -0.25) is 0 Å². The largest absolute Gasteiger partial charge is 0.326 e. The van der Waals surface area contributed by atoms with Crippen molar-refractivity contribution in [3.05, 3.63) is 28.8 Å². The van der Waals surface area contributed by atoms with Crippen molar-refractivity contribution in [2.45, 2.75) is 37.2 Å². The molecule has 18 heavy (non-hydrogen) atoms. The van der Waals surface area contributed by atoms with Gasteiger partial charge in [-0.1, -0.05) is 31.0 Å². The third kappa shape index (κ3) is 2.85. The van der Waals surface area contributed by atoms with Crippen LogP contribution < -0.4 is 10.5 Å². The van der Waals surface area contributed by atoms with Gasteiger partial charge in [0.1, 0.15) is 0 Å². The molecule has 0 spiro atoms. The summed E-state index contributed by atoms with van der Waals surface area (Å²) in [6.45, 7) is 2.36. The van der Waals surface area contributed by atoms with Crippen LogP contribution in [-0.2, 0) is 16.6 Å². The summed E-state index contributed by atoms with van der Waals surface area (Å²) in [5, 5.41) is 0.392. The van der Waals surface area contributed by atoms with Gasteiger partial charge in [0.25, 0.3) is 0 Å². The van der Waals surface area contributed by atoms with E-state index in [2.05, 4.69) is 11.6 Å². The zero-order valence-corrected chi connectivity index (χ0v) is 11.8. The predicted octanol–water partition coefficient (Wildman–Crippen LogP) is 1.88. The first-order valence-corrected chi connectivity index (χ1v) is 7.85. The number of benzene rings is 1. The summed E-state index contributed by atoms with van der Waals surface area (Å²) in [6.07, 6.45) is 1.92. The lowest BCUT2D eigenvalue weighted by molar-refractivity contribution is 0.576. The van der Waals surface area contributed by atoms with Crippen LogP contribution in [0.3, 0.4) is 0 Å². The smallest absolute Gasteiger partial charge is 0.240 e. The number of hydrogen-bond acceptors (Lipinski definition) is 3. The molecule has 2 atom stereocenters. The highest BCUT2D eigenvalue weighted by atomic mass is 35.5. The third-order valence-electron chi connectivity index (χ3n) is 3.31. The Morgan fingerprint density at radius 2 is 2.22 bits per heavy atom. The van der Waals surface area contributed by atoms with Crippen molar-refractivity contribution in [2.24, 2.45) is 11.7 Å². The Morgan fingerprint density at radius 1 is 1.50 bits per heavy atom. The van der Waals surface area contributed by atoms with E-state index >= 15 is 0 Å². The van der Waals surface area contributed by atoms with Gasteiger partial charge in [0.15, 0.2) is 0 Å². The van der Waals surface area contributed by atoms with Crippen molar-refractivity contribution in [3.8, 4) is 0 Å². The SMILES string of the molecule is CCC1CC1NS(=O)(=O)c1ccc(CN)c(Cl)c1. The minimum atomic E-state index is -3.46. The van der Waals surface area contributed by atoms with Gasteiger partial charge in [0, 0.05) is 17.6 Å². The van der Waals surface area contributed by atoms with Crippen molar-refractivity contribution in [1.29, 1.82) is 0 Å². The fourth-order valence-corrected chi connectivity index (χ4v) is 3.64. The molecule has 2 rings (SSSR count). The lowest BCUT2D eigenvalue weighted by Gasteiger charge is -2.08. The summed E-state index contributed by atoms with van der Waals surface area (Å²) in [4.78, 5) is 0.200. The van der Waals surface area contributed by atoms with Gasteiger partial charge in [0.2, 0.25) is 10.0 Å². The van der Waals surface area contributed by atoms with Gasteiger partial charge in [-0.15, -0.1) is 0 Å². The van der Waals surface area contributed by atoms with Crippen LogP contribution in [0.1, 0.15) is 25.3 Å². The third-order valence-corrected chi connectivity index (χ3v) is 5.15. The van der Waals surface area contributed by atoms with E-state index in [4.69, 9.17) is 17.3 Å². The van der Waals surface area contributed by atoms with Crippen LogP contribution in [0.15, 0.2) is 23.1 Å². The molecule has 6 heteroatoms. The van der Waals surface area contributed by atoms with Crippen molar-refractivity contribution in [3.63, 3.8) is 0 Å². The van der Waals surface area contributed by atoms with Crippen molar-refractivity contribution in [1.82, 2.24) is 4.72 Å². The van der Waals surface area contributed by atoms with Gasteiger partial charge < -0.3 is 5.73 Å². The molecule has 1 fully saturated rings. The van der Waals surface area contributed by atoms with Gasteiger partial charge in [-0.2, -0.15) is 0 Å². The van der Waals surface area contributed by atoms with E-state index in [1.807, 2.05) is 0 Å². The molecule has 1 aliphatic rings. The van der Waals surface area contributed by atoms with Gasteiger partial charge in [-0.05, 0) is 30.0 Å². The summed E-state index contributed by atoms with van der Waals surface area (Å²) < 4.78 is 26.9. The number of hydrogen-bond donors (Lipinski definition) is 2. The van der Waals surface area contributed by atoms with Gasteiger partial charge in [-0.25, -0.2) is 13.1 Å². The van der Waals surface area contributed by atoms with E-state index in [9.17, 15) is 8.42 Å². The molecule has 2 unspecified atom stereocenters. The maximum atomic E-state index is 12.1. The second-order valence-electron chi connectivity index (χ2n) is 4.59. The Kier molecular flexibility index (Phi) is 3.96. The lowest BCUT2D eigenvalue weighted by atomic mass is 10.2. The minimum Gasteiger partial charge on any atom is -0.326 e. The maximum Gasteiger partial charge on any atom is 0.240 e. The fraction of sp³-hybridized carbons (Fsp3) is 0.500. The van der Waals surface area contributed by atoms with E-state index in [0.29, 0.717) is 17.5 Å². The molecule has 0 aliphatic heterocycles. The lowest BCUT2D eigenvalue weighted by Crippen LogP contribution is -2.27. The summed E-state index contributed by atoms with van der Waals surface area (Å²) in [5.41, 5.74) is 6.23. The van der Waals surface area contributed by atoms with Crippen LogP contribution in [0.25, 0.3) is 0 Å². The molecule has 100 valence electrons. The standard InChI is InChI=1S/C12H17ClN2O2S/c1-2-8-5-12(8)15-18(16,17)10-4-3-9(7-14)11(13)6-10/h3-4,6,8,12,15H,2,5,7,14H2,1H3. The Labute approximate surface area is 113 Å². The van der Waals surface area contributed by atoms with E-state index < -0.39 is 10.0 Å². The van der Waals surface area contributed by atoms with Crippen LogP contribution >= 0.6 is 11.6 Å². The van der Waals surface area contributed by atoms with E-state index in [-0.39, 0.29) is 10.9 Å². The summed E-state index contributed by atoms with van der Waals surface area (Å²) in [5.74, 6) is 0.471. The van der Waals surface area contributed by atoms with Crippen molar-refractivity contribution < 1.29 is 8.42 Å². The fourth-order valence-electron chi connectivity index (χ4n) is 1.97. The first-order valence-electron chi connectivity index (χ1n) is 5.98. The Balaban J connectivity index is 2.17. The summed E-state index contributed by atoms with van der Waals surface area (Å²) in [6, 6.07) is 4.73. The maximum absolute atomic E-state index is 12.1. The number of halogens is 1. The zero-order valence-electron chi connectivity index (χ0n) is 10.2. The van der Waals surface area contributed by atoms with E-state index in [1.54, 1.807) is 12.1 Å².